The molecule has 7 rings (SSSR count). The first-order valence-corrected chi connectivity index (χ1v) is 18.0. The summed E-state index contributed by atoms with van der Waals surface area (Å²) < 4.78 is 81.4. The normalized spacial score (nSPS) is 38.3. The van der Waals surface area contributed by atoms with Crippen molar-refractivity contribution in [2.45, 2.75) is 49.2 Å². The van der Waals surface area contributed by atoms with Gasteiger partial charge >= 0.3 is 13.5 Å². The molecule has 10 atom stereocenters. The first-order chi connectivity index (χ1) is 20.9. The van der Waals surface area contributed by atoms with Crippen LogP contribution in [0.2, 0.25) is 0 Å². The van der Waals surface area contributed by atoms with E-state index in [1.165, 1.54) is 21.8 Å². The molecule has 4 aromatic rings. The molecule has 3 fully saturated rings. The van der Waals surface area contributed by atoms with Gasteiger partial charge in [0.25, 0.3) is 0 Å². The average molecular weight is 695 g/mol. The van der Waals surface area contributed by atoms with Crippen LogP contribution >= 0.6 is 25.8 Å². The van der Waals surface area contributed by atoms with E-state index < -0.39 is 75.9 Å². The average Bonchev–Trinajstić information content (AvgIpc) is 3.73. The minimum Gasteiger partial charge on any atom is -0.382 e. The molecular weight excluding hydrogens is 672 g/mol. The van der Waals surface area contributed by atoms with Gasteiger partial charge in [-0.2, -0.15) is 0 Å². The third-order valence-electron chi connectivity index (χ3n) is 7.17. The van der Waals surface area contributed by atoms with Crippen LogP contribution in [-0.2, 0) is 43.9 Å². The third kappa shape index (κ3) is 5.26. The summed E-state index contributed by atoms with van der Waals surface area (Å²) in [5.41, 5.74) is 12.4. The van der Waals surface area contributed by atoms with Crippen LogP contribution in [0.5, 0.6) is 0 Å². The Morgan fingerprint density at radius 1 is 0.841 bits per heavy atom. The zero-order chi connectivity index (χ0) is 31.0. The maximum absolute atomic E-state index is 16.0. The van der Waals surface area contributed by atoms with Crippen LogP contribution in [0.15, 0.2) is 25.3 Å². The molecule has 3 unspecified atom stereocenters. The summed E-state index contributed by atoms with van der Waals surface area (Å²) in [6.45, 7) is -9.88. The van der Waals surface area contributed by atoms with Gasteiger partial charge in [-0.15, -0.1) is 0 Å². The highest BCUT2D eigenvalue weighted by molar-refractivity contribution is 8.44. The van der Waals surface area contributed by atoms with E-state index in [9.17, 15) is 9.46 Å². The van der Waals surface area contributed by atoms with Crippen molar-refractivity contribution in [3.05, 3.63) is 25.3 Å². The lowest BCUT2D eigenvalue weighted by molar-refractivity contribution is -0.0564. The zero-order valence-electron chi connectivity index (χ0n) is 21.9. The Balaban J connectivity index is 1.17. The Bertz CT molecular complexity index is 1710. The summed E-state index contributed by atoms with van der Waals surface area (Å²) in [7, 11) is 0. The van der Waals surface area contributed by atoms with E-state index in [2.05, 4.69) is 42.2 Å². The SMILES string of the molecule is Nc1ncnc2c1ncn2[C@@H]1O[C@@H]2COP(O)(=S)O[C@@H]3C(COP(=O)(S)O[C@H]2[C@H]1F)O[C@@H](n1cnc2c(N)ncnc21)[C@@H]3F. The Morgan fingerprint density at radius 2 is 1.32 bits per heavy atom. The van der Waals surface area contributed by atoms with Crippen LogP contribution < -0.4 is 11.5 Å². The molecule has 18 nitrogen and oxygen atoms in total. The molecule has 5 N–H and O–H groups in total. The summed E-state index contributed by atoms with van der Waals surface area (Å²) in [5.74, 6) is 0.111. The van der Waals surface area contributed by atoms with Crippen molar-refractivity contribution in [1.29, 1.82) is 0 Å². The van der Waals surface area contributed by atoms with Gasteiger partial charge in [-0.1, -0.05) is 12.2 Å². The summed E-state index contributed by atoms with van der Waals surface area (Å²) in [6, 6.07) is 0. The van der Waals surface area contributed by atoms with Gasteiger partial charge in [0.15, 0.2) is 47.7 Å². The molecule has 0 amide bonds. The molecule has 44 heavy (non-hydrogen) atoms. The number of anilines is 2. The predicted octanol–water partition coefficient (Wildman–Crippen LogP) is 1.37. The van der Waals surface area contributed by atoms with Crippen LogP contribution in [0.25, 0.3) is 22.3 Å². The molecule has 0 aromatic carbocycles. The number of rotatable bonds is 2. The maximum Gasteiger partial charge on any atom is 0.386 e. The maximum atomic E-state index is 16.0. The van der Waals surface area contributed by atoms with Crippen LogP contribution in [0.1, 0.15) is 12.5 Å². The van der Waals surface area contributed by atoms with Gasteiger partial charge < -0.3 is 30.4 Å². The van der Waals surface area contributed by atoms with Crippen molar-refractivity contribution >= 4 is 71.5 Å². The molecule has 7 heterocycles. The number of hydrogen-bond donors (Lipinski definition) is 4. The van der Waals surface area contributed by atoms with Gasteiger partial charge in [0.2, 0.25) is 0 Å². The molecule has 0 saturated carbocycles. The molecule has 0 radical (unpaired) electrons. The number of hydrogen-bond acceptors (Lipinski definition) is 16. The topological polar surface area (TPSA) is 232 Å². The largest absolute Gasteiger partial charge is 0.386 e. The number of nitrogen functional groups attached to an aromatic ring is 2. The minimum atomic E-state index is -4.38. The monoisotopic (exact) mass is 694 g/mol. The van der Waals surface area contributed by atoms with Crippen molar-refractivity contribution < 1.29 is 45.8 Å². The number of ether oxygens (including phenoxy) is 2. The summed E-state index contributed by atoms with van der Waals surface area (Å²) >= 11 is 9.15. The molecule has 3 aliphatic heterocycles. The first kappa shape index (κ1) is 30.2. The van der Waals surface area contributed by atoms with Crippen molar-refractivity contribution in [1.82, 2.24) is 39.0 Å². The van der Waals surface area contributed by atoms with Gasteiger partial charge in [-0.25, -0.2) is 43.2 Å². The Kier molecular flexibility index (Phi) is 7.61. The molecule has 24 heteroatoms. The minimum absolute atomic E-state index is 0.0550. The smallest absolute Gasteiger partial charge is 0.382 e. The number of aromatic nitrogens is 8. The van der Waals surface area contributed by atoms with Crippen LogP contribution in [-0.4, -0.2) is 93.9 Å². The molecule has 3 aliphatic rings. The zero-order valence-corrected chi connectivity index (χ0v) is 25.4. The molecular formula is C20H22F2N10O8P2S2. The molecule has 0 bridgehead atoms. The number of nitrogens with two attached hydrogens (primary N) is 2. The second kappa shape index (κ2) is 11.1. The fourth-order valence-corrected chi connectivity index (χ4v) is 8.09. The van der Waals surface area contributed by atoms with Crippen LogP contribution in [0.4, 0.5) is 20.4 Å². The molecule has 236 valence electrons. The quantitative estimate of drug-likeness (QED) is 0.171. The standard InChI is InChI=1S/C20H22F2N10O8P2S2/c21-9-13-7(37-19(9)31-5-29-11-15(23)25-3-27-17(11)31)1-35-41(33,43)40-14-8(2-36-42(34,44)39-13)38-20(10(14)22)32-6-30-12-16(24)26-4-28-18(12)32/h3-10,13-14,19-20H,1-2H2,(H,33,43)(H,34,44)(H2,23,25,27)(H2,24,26,28)/t7-,8?,9-,10-,13-,14-,19-,20-,41?,42?/m1/s1. The molecule has 0 spiro atoms. The Labute approximate surface area is 255 Å². The predicted molar refractivity (Wildman–Crippen MR) is 152 cm³/mol. The molecule has 3 saturated heterocycles. The number of alkyl halides is 2. The van der Waals surface area contributed by atoms with E-state index in [-0.39, 0.29) is 34.0 Å². The van der Waals surface area contributed by atoms with E-state index in [4.69, 9.17) is 50.8 Å². The van der Waals surface area contributed by atoms with E-state index >= 15 is 8.78 Å². The van der Waals surface area contributed by atoms with E-state index in [1.807, 2.05) is 0 Å². The first-order valence-electron chi connectivity index (χ1n) is 12.7. The van der Waals surface area contributed by atoms with E-state index in [1.54, 1.807) is 0 Å². The lowest BCUT2D eigenvalue weighted by Crippen LogP contribution is -2.37. The lowest BCUT2D eigenvalue weighted by atomic mass is 10.1. The Morgan fingerprint density at radius 3 is 1.84 bits per heavy atom. The second-order valence-electron chi connectivity index (χ2n) is 9.85. The summed E-state index contributed by atoms with van der Waals surface area (Å²) in [4.78, 5) is 35.0. The highest BCUT2D eigenvalue weighted by Crippen LogP contribution is 2.58. The lowest BCUT2D eigenvalue weighted by Gasteiger charge is -2.29. The van der Waals surface area contributed by atoms with E-state index in [0.717, 1.165) is 12.7 Å². The fraction of sp³-hybridized carbons (Fsp3) is 0.500. The highest BCUT2D eigenvalue weighted by atomic mass is 32.7. The van der Waals surface area contributed by atoms with Crippen LogP contribution in [0.3, 0.4) is 0 Å². The number of nitrogens with zero attached hydrogens (tertiary/aromatic N) is 8. The highest BCUT2D eigenvalue weighted by Gasteiger charge is 2.54. The number of imidazole rings is 2. The number of fused-ring (bicyclic) bond motifs is 4. The van der Waals surface area contributed by atoms with Crippen molar-refractivity contribution in [2.75, 3.05) is 24.7 Å². The van der Waals surface area contributed by atoms with Gasteiger partial charge in [0, 0.05) is 0 Å². The van der Waals surface area contributed by atoms with Gasteiger partial charge in [0.1, 0.15) is 48.1 Å². The van der Waals surface area contributed by atoms with Gasteiger partial charge in [-0.05, 0) is 11.8 Å². The molecule has 0 aliphatic carbocycles. The number of thiol groups is 1. The van der Waals surface area contributed by atoms with E-state index in [0.29, 0.717) is 0 Å². The van der Waals surface area contributed by atoms with Crippen molar-refractivity contribution in [3.8, 4) is 0 Å². The van der Waals surface area contributed by atoms with Crippen LogP contribution in [0, 0.1) is 0 Å². The molecule has 4 aromatic heterocycles. The second-order valence-corrected chi connectivity index (χ2v) is 15.5. The summed E-state index contributed by atoms with van der Waals surface area (Å²) in [6.07, 6.45) is -7.94. The number of halogens is 2. The van der Waals surface area contributed by atoms with Gasteiger partial charge in [0.05, 0.1) is 25.9 Å². The van der Waals surface area contributed by atoms with Crippen molar-refractivity contribution in [3.63, 3.8) is 0 Å². The van der Waals surface area contributed by atoms with Crippen molar-refractivity contribution in [2.24, 2.45) is 0 Å². The fourth-order valence-electron chi connectivity index (χ4n) is 5.17. The van der Waals surface area contributed by atoms with Gasteiger partial charge in [-0.3, -0.25) is 22.7 Å². The Hall–Kier alpha value is -2.49. The third-order valence-corrected chi connectivity index (χ3v) is 10.3. The summed E-state index contributed by atoms with van der Waals surface area (Å²) in [5, 5.41) is 0.